The van der Waals surface area contributed by atoms with Crippen LogP contribution in [0.25, 0.3) is 0 Å². The Morgan fingerprint density at radius 1 is 1.35 bits per heavy atom. The molecule has 4 nitrogen and oxygen atoms in total. The Hall–Kier alpha value is -1.32. The molecule has 1 aliphatic heterocycles. The van der Waals surface area contributed by atoms with E-state index in [9.17, 15) is 0 Å². The third-order valence-electron chi connectivity index (χ3n) is 4.20. The first-order chi connectivity index (χ1) is 9.69. The summed E-state index contributed by atoms with van der Waals surface area (Å²) in [5.74, 6) is 2.56. The third kappa shape index (κ3) is 3.05. The Morgan fingerprint density at radius 2 is 2.15 bits per heavy atom. The van der Waals surface area contributed by atoms with Crippen molar-refractivity contribution in [2.45, 2.75) is 64.8 Å². The Labute approximate surface area is 123 Å². The average molecular weight is 276 g/mol. The molecule has 4 heteroatoms. The maximum atomic E-state index is 4.64. The van der Waals surface area contributed by atoms with E-state index in [1.807, 2.05) is 7.05 Å². The Morgan fingerprint density at radius 3 is 2.80 bits per heavy atom. The summed E-state index contributed by atoms with van der Waals surface area (Å²) >= 11 is 0. The Balaban J connectivity index is 2.39. The summed E-state index contributed by atoms with van der Waals surface area (Å²) in [6.07, 6.45) is 8.12. The summed E-state index contributed by atoms with van der Waals surface area (Å²) in [5.41, 5.74) is 1.26. The van der Waals surface area contributed by atoms with Crippen LogP contribution in [-0.2, 0) is 0 Å². The molecule has 0 amide bonds. The van der Waals surface area contributed by atoms with Gasteiger partial charge >= 0.3 is 0 Å². The highest BCUT2D eigenvalue weighted by Gasteiger charge is 2.27. The van der Waals surface area contributed by atoms with Crippen LogP contribution in [0.3, 0.4) is 0 Å². The summed E-state index contributed by atoms with van der Waals surface area (Å²) in [5, 5.41) is 3.23. The molecule has 0 radical (unpaired) electrons. The van der Waals surface area contributed by atoms with Gasteiger partial charge in [0.15, 0.2) is 0 Å². The molecule has 2 heterocycles. The molecule has 1 unspecified atom stereocenters. The smallest absolute Gasteiger partial charge is 0.137 e. The van der Waals surface area contributed by atoms with Gasteiger partial charge in [-0.25, -0.2) is 9.97 Å². The first-order valence-electron chi connectivity index (χ1n) is 7.98. The molecule has 0 aromatic carbocycles. The van der Waals surface area contributed by atoms with Crippen LogP contribution >= 0.6 is 0 Å². The molecular formula is C16H28N4. The second kappa shape index (κ2) is 6.91. The average Bonchev–Trinajstić information content (AvgIpc) is 2.47. The molecule has 1 aromatic heterocycles. The van der Waals surface area contributed by atoms with Crippen LogP contribution in [0.5, 0.6) is 0 Å². The second-order valence-electron chi connectivity index (χ2n) is 6.00. The predicted octanol–water partition coefficient (Wildman–Crippen LogP) is 3.80. The largest absolute Gasteiger partial charge is 0.373 e. The van der Waals surface area contributed by atoms with Gasteiger partial charge in [0.1, 0.15) is 18.0 Å². The number of piperidine rings is 1. The van der Waals surface area contributed by atoms with Crippen molar-refractivity contribution >= 4 is 11.6 Å². The van der Waals surface area contributed by atoms with Crippen molar-refractivity contribution in [2.24, 2.45) is 0 Å². The number of hydrogen-bond acceptors (Lipinski definition) is 4. The SMILES string of the molecule is CCCC1CCCCN1c1ncnc(NC)c1C(C)C. The lowest BCUT2D eigenvalue weighted by molar-refractivity contribution is 0.430. The summed E-state index contributed by atoms with van der Waals surface area (Å²) in [6, 6.07) is 0.644. The van der Waals surface area contributed by atoms with Gasteiger partial charge in [0.05, 0.1) is 0 Å². The minimum Gasteiger partial charge on any atom is -0.373 e. The lowest BCUT2D eigenvalue weighted by Gasteiger charge is -2.38. The normalized spacial score (nSPS) is 19.4. The molecular weight excluding hydrogens is 248 g/mol. The van der Waals surface area contributed by atoms with Crippen molar-refractivity contribution in [3.63, 3.8) is 0 Å². The van der Waals surface area contributed by atoms with Crippen molar-refractivity contribution in [3.05, 3.63) is 11.9 Å². The van der Waals surface area contributed by atoms with Crippen molar-refractivity contribution < 1.29 is 0 Å². The molecule has 1 fully saturated rings. The van der Waals surface area contributed by atoms with Crippen molar-refractivity contribution in [1.82, 2.24) is 9.97 Å². The molecule has 1 N–H and O–H groups in total. The zero-order valence-electron chi connectivity index (χ0n) is 13.3. The molecule has 0 saturated carbocycles. The lowest BCUT2D eigenvalue weighted by atomic mass is 9.96. The van der Waals surface area contributed by atoms with Gasteiger partial charge in [-0.3, -0.25) is 0 Å². The van der Waals surface area contributed by atoms with E-state index in [2.05, 4.69) is 41.0 Å². The molecule has 0 aliphatic carbocycles. The second-order valence-corrected chi connectivity index (χ2v) is 6.00. The fourth-order valence-corrected chi connectivity index (χ4v) is 3.26. The number of aromatic nitrogens is 2. The third-order valence-corrected chi connectivity index (χ3v) is 4.20. The van der Waals surface area contributed by atoms with Crippen LogP contribution in [0, 0.1) is 0 Å². The predicted molar refractivity (Wildman–Crippen MR) is 85.6 cm³/mol. The number of anilines is 2. The van der Waals surface area contributed by atoms with Crippen molar-refractivity contribution in [2.75, 3.05) is 23.8 Å². The van der Waals surface area contributed by atoms with E-state index < -0.39 is 0 Å². The minimum atomic E-state index is 0.429. The van der Waals surface area contributed by atoms with Gasteiger partial charge in [0.25, 0.3) is 0 Å². The standard InChI is InChI=1S/C16H28N4/c1-5-8-13-9-6-7-10-20(13)16-14(12(2)3)15(17-4)18-11-19-16/h11-13H,5-10H2,1-4H3,(H,17,18,19). The van der Waals surface area contributed by atoms with Gasteiger partial charge in [0, 0.05) is 25.2 Å². The molecule has 1 atom stereocenters. The first-order valence-corrected chi connectivity index (χ1v) is 7.98. The van der Waals surface area contributed by atoms with Crippen LogP contribution < -0.4 is 10.2 Å². The topological polar surface area (TPSA) is 41.1 Å². The molecule has 0 spiro atoms. The van der Waals surface area contributed by atoms with E-state index in [1.54, 1.807) is 6.33 Å². The zero-order chi connectivity index (χ0) is 14.5. The van der Waals surface area contributed by atoms with Gasteiger partial charge < -0.3 is 10.2 Å². The molecule has 0 bridgehead atoms. The van der Waals surface area contributed by atoms with Crippen LogP contribution in [0.1, 0.15) is 64.4 Å². The number of nitrogens with zero attached hydrogens (tertiary/aromatic N) is 3. The van der Waals surface area contributed by atoms with Crippen LogP contribution in [0.2, 0.25) is 0 Å². The van der Waals surface area contributed by atoms with Crippen LogP contribution in [0.4, 0.5) is 11.6 Å². The molecule has 1 aromatic rings. The Bertz CT molecular complexity index is 428. The van der Waals surface area contributed by atoms with E-state index in [4.69, 9.17) is 0 Å². The van der Waals surface area contributed by atoms with Crippen LogP contribution in [0.15, 0.2) is 6.33 Å². The summed E-state index contributed by atoms with van der Waals surface area (Å²) in [7, 11) is 1.94. The first kappa shape index (κ1) is 15.1. The molecule has 112 valence electrons. The molecule has 2 rings (SSSR count). The van der Waals surface area contributed by atoms with Gasteiger partial charge in [0.2, 0.25) is 0 Å². The summed E-state index contributed by atoms with van der Waals surface area (Å²) < 4.78 is 0. The van der Waals surface area contributed by atoms with Gasteiger partial charge in [-0.1, -0.05) is 27.2 Å². The zero-order valence-corrected chi connectivity index (χ0v) is 13.3. The number of hydrogen-bond donors (Lipinski definition) is 1. The van der Waals surface area contributed by atoms with E-state index in [0.717, 1.165) is 18.2 Å². The summed E-state index contributed by atoms with van der Waals surface area (Å²) in [6.45, 7) is 7.85. The fourth-order valence-electron chi connectivity index (χ4n) is 3.26. The maximum absolute atomic E-state index is 4.64. The van der Waals surface area contributed by atoms with Crippen molar-refractivity contribution in [3.8, 4) is 0 Å². The maximum Gasteiger partial charge on any atom is 0.137 e. The highest BCUT2D eigenvalue weighted by atomic mass is 15.2. The van der Waals surface area contributed by atoms with Gasteiger partial charge in [-0.15, -0.1) is 0 Å². The minimum absolute atomic E-state index is 0.429. The molecule has 1 saturated heterocycles. The highest BCUT2D eigenvalue weighted by Crippen LogP contribution is 2.34. The lowest BCUT2D eigenvalue weighted by Crippen LogP contribution is -2.40. The highest BCUT2D eigenvalue weighted by molar-refractivity contribution is 5.60. The Kier molecular flexibility index (Phi) is 5.21. The number of rotatable bonds is 5. The molecule has 20 heavy (non-hydrogen) atoms. The van der Waals surface area contributed by atoms with E-state index in [0.29, 0.717) is 12.0 Å². The van der Waals surface area contributed by atoms with Gasteiger partial charge in [-0.2, -0.15) is 0 Å². The molecule has 1 aliphatic rings. The van der Waals surface area contributed by atoms with E-state index in [1.165, 1.54) is 37.7 Å². The van der Waals surface area contributed by atoms with Crippen LogP contribution in [-0.4, -0.2) is 29.6 Å². The van der Waals surface area contributed by atoms with Gasteiger partial charge in [-0.05, 0) is 31.6 Å². The number of nitrogens with one attached hydrogen (secondary N) is 1. The van der Waals surface area contributed by atoms with Crippen molar-refractivity contribution in [1.29, 1.82) is 0 Å². The monoisotopic (exact) mass is 276 g/mol. The fraction of sp³-hybridized carbons (Fsp3) is 0.750. The quantitative estimate of drug-likeness (QED) is 0.888. The van der Waals surface area contributed by atoms with E-state index >= 15 is 0 Å². The van der Waals surface area contributed by atoms with E-state index in [-0.39, 0.29) is 0 Å². The summed E-state index contributed by atoms with van der Waals surface area (Å²) in [4.78, 5) is 11.6.